The van der Waals surface area contributed by atoms with Crippen LogP contribution in [-0.4, -0.2) is 0 Å². The molecule has 0 atom stereocenters. The van der Waals surface area contributed by atoms with Crippen molar-refractivity contribution in [3.8, 4) is 0 Å². The van der Waals surface area contributed by atoms with Crippen molar-refractivity contribution < 1.29 is 0 Å². The van der Waals surface area contributed by atoms with Gasteiger partial charge in [0.05, 0.1) is 0 Å². The van der Waals surface area contributed by atoms with Crippen LogP contribution in [0, 0.1) is 0 Å². The molecule has 0 bridgehead atoms. The van der Waals surface area contributed by atoms with Gasteiger partial charge in [0.25, 0.3) is 0 Å². The molecule has 5 aromatic carbocycles. The van der Waals surface area contributed by atoms with E-state index in [-0.39, 0.29) is 0 Å². The molecule has 6 rings (SSSR count). The van der Waals surface area contributed by atoms with Crippen molar-refractivity contribution in [3.63, 3.8) is 0 Å². The van der Waals surface area contributed by atoms with Gasteiger partial charge in [-0.1, -0.05) is 174 Å². The fourth-order valence-corrected chi connectivity index (χ4v) is 6.66. The summed E-state index contributed by atoms with van der Waals surface area (Å²) in [4.78, 5) is 0. The van der Waals surface area contributed by atoms with Crippen LogP contribution in [0.5, 0.6) is 0 Å². The molecule has 5 aromatic rings. The minimum atomic E-state index is -0.592. The van der Waals surface area contributed by atoms with Crippen molar-refractivity contribution in [2.75, 3.05) is 0 Å². The third-order valence-corrected chi connectivity index (χ3v) is 8.48. The zero-order valence-electron chi connectivity index (χ0n) is 21.0. The normalized spacial score (nSPS) is 14.6. The van der Waals surface area contributed by atoms with Crippen molar-refractivity contribution in [1.29, 1.82) is 0 Å². The van der Waals surface area contributed by atoms with E-state index in [1.165, 1.54) is 50.1 Å². The Morgan fingerprint density at radius 1 is 0.447 bits per heavy atom. The predicted molar refractivity (Wildman–Crippen MR) is 167 cm³/mol. The topological polar surface area (TPSA) is 0 Å². The zero-order valence-corrected chi connectivity index (χ0v) is 22.6. The van der Waals surface area contributed by atoms with Crippen LogP contribution in [0.2, 0.25) is 0 Å². The zero-order chi connectivity index (χ0) is 26.0. The number of rotatable bonds is 6. The van der Waals surface area contributed by atoms with E-state index in [1.807, 2.05) is 6.08 Å². The Labute approximate surface area is 233 Å². The second kappa shape index (κ2) is 10.3. The van der Waals surface area contributed by atoms with Crippen LogP contribution in [0.25, 0.3) is 28.4 Å². The van der Waals surface area contributed by atoms with E-state index < -0.39 is 4.32 Å². The molecule has 182 valence electrons. The summed E-state index contributed by atoms with van der Waals surface area (Å²) in [6.45, 7) is 3.97. The summed E-state index contributed by atoms with van der Waals surface area (Å²) in [6, 6.07) is 51.9. The molecular weight excluding hydrogens is 524 g/mol. The van der Waals surface area contributed by atoms with Gasteiger partial charge in [0, 0.05) is 0 Å². The third-order valence-electron chi connectivity index (χ3n) is 7.23. The van der Waals surface area contributed by atoms with E-state index in [2.05, 4.69) is 168 Å². The Morgan fingerprint density at radius 3 is 1.13 bits per heavy atom. The Hall–Kier alpha value is -4.20. The number of allylic oxidation sites excluding steroid dienone is 4. The van der Waals surface area contributed by atoms with E-state index in [4.69, 9.17) is 0 Å². The molecule has 0 heterocycles. The van der Waals surface area contributed by atoms with E-state index in [9.17, 15) is 0 Å². The highest BCUT2D eigenvalue weighted by Crippen LogP contribution is 2.64. The molecule has 38 heavy (non-hydrogen) atoms. The van der Waals surface area contributed by atoms with Crippen molar-refractivity contribution in [3.05, 3.63) is 186 Å². The summed E-state index contributed by atoms with van der Waals surface area (Å²) in [5, 5.41) is 0. The lowest BCUT2D eigenvalue weighted by atomic mass is 9.80. The van der Waals surface area contributed by atoms with Gasteiger partial charge < -0.3 is 0 Å². The van der Waals surface area contributed by atoms with Gasteiger partial charge in [-0.15, -0.1) is 0 Å². The second-order valence-electron chi connectivity index (χ2n) is 9.45. The molecule has 0 amide bonds. The first-order valence-electron chi connectivity index (χ1n) is 12.9. The lowest BCUT2D eigenvalue weighted by molar-refractivity contribution is 1.07. The molecule has 1 heteroatoms. The quantitative estimate of drug-likeness (QED) is 0.184. The summed E-state index contributed by atoms with van der Waals surface area (Å²) in [5.74, 6) is 0. The van der Waals surface area contributed by atoms with Crippen molar-refractivity contribution >= 4 is 44.3 Å². The third kappa shape index (κ3) is 4.10. The van der Waals surface area contributed by atoms with Gasteiger partial charge in [-0.3, -0.25) is 0 Å². The highest BCUT2D eigenvalue weighted by molar-refractivity contribution is 9.10. The molecule has 1 aliphatic rings. The molecule has 0 spiro atoms. The van der Waals surface area contributed by atoms with Gasteiger partial charge in [0.1, 0.15) is 4.32 Å². The lowest BCUT2D eigenvalue weighted by Crippen LogP contribution is -2.20. The SMILES string of the molecule is C=Cc1ccc(C2(Br)C(c3ccccc3)=C(c3ccccc3)C(c3ccccc3)=C2c2ccccc2)cc1. The van der Waals surface area contributed by atoms with Crippen LogP contribution in [0.15, 0.2) is 152 Å². The maximum absolute atomic E-state index is 4.44. The summed E-state index contributed by atoms with van der Waals surface area (Å²) >= 11 is 4.44. The van der Waals surface area contributed by atoms with Crippen molar-refractivity contribution in [2.45, 2.75) is 4.32 Å². The highest BCUT2D eigenvalue weighted by atomic mass is 79.9. The molecular formula is C37H27Br. The first kappa shape index (κ1) is 24.2. The van der Waals surface area contributed by atoms with E-state index in [1.54, 1.807) is 0 Å². The highest BCUT2D eigenvalue weighted by Gasteiger charge is 2.48. The van der Waals surface area contributed by atoms with Gasteiger partial charge in [-0.05, 0) is 55.7 Å². The molecule has 0 fully saturated rings. The molecule has 0 N–H and O–H groups in total. The Bertz CT molecular complexity index is 1530. The summed E-state index contributed by atoms with van der Waals surface area (Å²) in [6.07, 6.45) is 1.89. The summed E-state index contributed by atoms with van der Waals surface area (Å²) in [5.41, 5.74) is 12.0. The average Bonchev–Trinajstić information content (AvgIpc) is 3.29. The Morgan fingerprint density at radius 2 is 0.789 bits per heavy atom. The number of hydrogen-bond donors (Lipinski definition) is 0. The minimum Gasteiger partial charge on any atom is -0.0985 e. The van der Waals surface area contributed by atoms with E-state index >= 15 is 0 Å². The molecule has 0 aliphatic heterocycles. The van der Waals surface area contributed by atoms with Gasteiger partial charge in [0.2, 0.25) is 0 Å². The average molecular weight is 552 g/mol. The van der Waals surface area contributed by atoms with Crippen molar-refractivity contribution in [2.24, 2.45) is 0 Å². The second-order valence-corrected chi connectivity index (χ2v) is 10.6. The summed E-state index contributed by atoms with van der Waals surface area (Å²) in [7, 11) is 0. The number of alkyl halides is 1. The lowest BCUT2D eigenvalue weighted by Gasteiger charge is -2.32. The number of halogens is 1. The Kier molecular flexibility index (Phi) is 6.54. The maximum Gasteiger partial charge on any atom is 0.103 e. The minimum absolute atomic E-state index is 0.592. The van der Waals surface area contributed by atoms with E-state index in [0.29, 0.717) is 0 Å². The van der Waals surface area contributed by atoms with Gasteiger partial charge in [-0.25, -0.2) is 0 Å². The fourth-order valence-electron chi connectivity index (χ4n) is 5.54. The van der Waals surface area contributed by atoms with Crippen LogP contribution in [-0.2, 0) is 4.32 Å². The van der Waals surface area contributed by atoms with Crippen LogP contribution in [0.4, 0.5) is 0 Å². The van der Waals surface area contributed by atoms with Crippen LogP contribution in [0.3, 0.4) is 0 Å². The standard InChI is InChI=1S/C37H27Br/c1-2-27-23-25-32(26-24-27)37(38)35(30-19-11-5-12-20-30)33(28-15-7-3-8-16-28)34(29-17-9-4-10-18-29)36(37)31-21-13-6-14-22-31/h2-26H,1H2. The van der Waals surface area contributed by atoms with Crippen LogP contribution in [0.1, 0.15) is 33.4 Å². The molecule has 0 nitrogen and oxygen atoms in total. The van der Waals surface area contributed by atoms with Gasteiger partial charge in [-0.2, -0.15) is 0 Å². The first-order chi connectivity index (χ1) is 18.7. The fraction of sp³-hybridized carbons (Fsp3) is 0.0270. The van der Waals surface area contributed by atoms with Crippen LogP contribution < -0.4 is 0 Å². The smallest absolute Gasteiger partial charge is 0.0985 e. The largest absolute Gasteiger partial charge is 0.103 e. The molecule has 0 radical (unpaired) electrons. The van der Waals surface area contributed by atoms with Crippen molar-refractivity contribution in [1.82, 2.24) is 0 Å². The Balaban J connectivity index is 1.81. The molecule has 0 unspecified atom stereocenters. The monoisotopic (exact) mass is 550 g/mol. The van der Waals surface area contributed by atoms with Gasteiger partial charge in [0.15, 0.2) is 0 Å². The van der Waals surface area contributed by atoms with E-state index in [0.717, 1.165) is 5.56 Å². The first-order valence-corrected chi connectivity index (χ1v) is 13.6. The molecule has 0 aromatic heterocycles. The number of hydrogen-bond acceptors (Lipinski definition) is 0. The van der Waals surface area contributed by atoms with Gasteiger partial charge >= 0.3 is 0 Å². The maximum atomic E-state index is 4.44. The molecule has 1 aliphatic carbocycles. The number of benzene rings is 5. The molecule has 0 saturated heterocycles. The molecule has 0 saturated carbocycles. The predicted octanol–water partition coefficient (Wildman–Crippen LogP) is 10.2. The van der Waals surface area contributed by atoms with Crippen LogP contribution >= 0.6 is 15.9 Å². The summed E-state index contributed by atoms with van der Waals surface area (Å²) < 4.78 is -0.592.